The number of amides is 1. The molecule has 3 atom stereocenters. The fraction of sp³-hybridized carbons (Fsp3) is 0.200. The molecule has 0 radical (unpaired) electrons. The van der Waals surface area contributed by atoms with E-state index in [2.05, 4.69) is 11.4 Å². The number of hydrogen-bond donors (Lipinski definition) is 2. The molecule has 1 aliphatic rings. The third-order valence-corrected chi connectivity index (χ3v) is 5.72. The number of benzene rings is 3. The first-order valence-corrected chi connectivity index (χ1v) is 9.75. The number of ether oxygens (including phenoxy) is 1. The molecule has 0 saturated heterocycles. The first-order valence-electron chi connectivity index (χ1n) is 9.75. The summed E-state index contributed by atoms with van der Waals surface area (Å²) in [5, 5.41) is 24.8. The zero-order chi connectivity index (χ0) is 21.1. The van der Waals surface area contributed by atoms with Crippen LogP contribution in [-0.2, 0) is 4.74 Å². The van der Waals surface area contributed by atoms with Crippen LogP contribution in [0.4, 0.5) is 0 Å². The van der Waals surface area contributed by atoms with E-state index in [0.717, 1.165) is 16.7 Å². The number of methoxy groups -OCH3 is 1. The van der Waals surface area contributed by atoms with Crippen molar-refractivity contribution in [2.45, 2.75) is 12.1 Å². The van der Waals surface area contributed by atoms with Gasteiger partial charge >= 0.3 is 0 Å². The van der Waals surface area contributed by atoms with E-state index in [1.807, 2.05) is 54.6 Å². The van der Waals surface area contributed by atoms with Gasteiger partial charge in [-0.3, -0.25) is 4.79 Å². The van der Waals surface area contributed by atoms with Crippen molar-refractivity contribution in [1.29, 1.82) is 5.26 Å². The monoisotopic (exact) mass is 398 g/mol. The first-order chi connectivity index (χ1) is 14.6. The van der Waals surface area contributed by atoms with E-state index in [1.54, 1.807) is 24.3 Å². The maximum absolute atomic E-state index is 13.1. The molecule has 0 bridgehead atoms. The van der Waals surface area contributed by atoms with Gasteiger partial charge in [-0.2, -0.15) is 5.26 Å². The highest BCUT2D eigenvalue weighted by molar-refractivity contribution is 5.94. The number of nitrogens with one attached hydrogen (secondary N) is 1. The Morgan fingerprint density at radius 3 is 2.20 bits per heavy atom. The molecule has 0 aliphatic heterocycles. The summed E-state index contributed by atoms with van der Waals surface area (Å²) in [6.07, 6.45) is -1.16. The first kappa shape index (κ1) is 19.8. The topological polar surface area (TPSA) is 82.3 Å². The normalized spacial score (nSPS) is 22.2. The molecule has 0 aromatic heterocycles. The summed E-state index contributed by atoms with van der Waals surface area (Å²) in [5.74, 6) is -0.315. The van der Waals surface area contributed by atoms with E-state index in [0.29, 0.717) is 11.1 Å². The number of fused-ring (bicyclic) bond motifs is 3. The van der Waals surface area contributed by atoms with Gasteiger partial charge in [-0.15, -0.1) is 0 Å². The van der Waals surface area contributed by atoms with Gasteiger partial charge in [0.15, 0.2) is 0 Å². The molecule has 0 saturated carbocycles. The fourth-order valence-corrected chi connectivity index (χ4v) is 4.26. The predicted octanol–water partition coefficient (Wildman–Crippen LogP) is 4.03. The molecule has 1 amide bonds. The smallest absolute Gasteiger partial charge is 0.251 e. The molecule has 1 aliphatic carbocycles. The minimum absolute atomic E-state index is 0.0485. The molecule has 0 unspecified atom stereocenters. The van der Waals surface area contributed by atoms with Crippen molar-refractivity contribution < 1.29 is 14.6 Å². The molecule has 5 nitrogen and oxygen atoms in total. The van der Waals surface area contributed by atoms with E-state index in [-0.39, 0.29) is 12.5 Å². The molecule has 0 fully saturated rings. The molecule has 5 heteroatoms. The van der Waals surface area contributed by atoms with Crippen LogP contribution in [0.5, 0.6) is 0 Å². The zero-order valence-electron chi connectivity index (χ0n) is 16.6. The van der Waals surface area contributed by atoms with Gasteiger partial charge in [-0.05, 0) is 34.4 Å². The summed E-state index contributed by atoms with van der Waals surface area (Å²) in [6, 6.07) is 25.5. The molecule has 150 valence electrons. The van der Waals surface area contributed by atoms with Crippen LogP contribution >= 0.6 is 0 Å². The standard InChI is InChI=1S/C25H22N2O3/c1-30-16-25(15-26)22(27-24(29)17-9-3-2-4-10-17)20-13-7-5-11-18(20)19-12-6-8-14-21(19)23(25)28/h2-14,22-23,28H,16H2,1H3,(H,27,29)/t22-,23-,25-/m1/s1. The minimum Gasteiger partial charge on any atom is -0.387 e. The largest absolute Gasteiger partial charge is 0.387 e. The summed E-state index contributed by atoms with van der Waals surface area (Å²) in [6.45, 7) is -0.0485. The lowest BCUT2D eigenvalue weighted by molar-refractivity contribution is -0.0187. The number of nitriles is 1. The van der Waals surface area contributed by atoms with Crippen LogP contribution in [0.2, 0.25) is 0 Å². The Hall–Kier alpha value is -3.46. The highest BCUT2D eigenvalue weighted by atomic mass is 16.5. The van der Waals surface area contributed by atoms with Crippen LogP contribution in [0.1, 0.15) is 33.6 Å². The highest BCUT2D eigenvalue weighted by Crippen LogP contribution is 2.51. The number of nitrogens with zero attached hydrogens (tertiary/aromatic N) is 1. The number of hydrogen-bond acceptors (Lipinski definition) is 4. The second kappa shape index (κ2) is 8.11. The Labute approximate surface area is 175 Å². The van der Waals surface area contributed by atoms with Gasteiger partial charge in [0.1, 0.15) is 11.5 Å². The lowest BCUT2D eigenvalue weighted by atomic mass is 9.73. The fourth-order valence-electron chi connectivity index (χ4n) is 4.26. The Balaban J connectivity index is 1.93. The van der Waals surface area contributed by atoms with Crippen molar-refractivity contribution in [2.75, 3.05) is 13.7 Å². The molecule has 0 spiro atoms. The number of carbonyl (C=O) groups is 1. The summed E-state index contributed by atoms with van der Waals surface area (Å²) < 4.78 is 5.42. The Morgan fingerprint density at radius 1 is 1.00 bits per heavy atom. The zero-order valence-corrected chi connectivity index (χ0v) is 16.6. The Morgan fingerprint density at radius 2 is 1.57 bits per heavy atom. The van der Waals surface area contributed by atoms with E-state index in [1.165, 1.54) is 7.11 Å². The second-order valence-corrected chi connectivity index (χ2v) is 7.43. The maximum atomic E-state index is 13.1. The highest BCUT2D eigenvalue weighted by Gasteiger charge is 2.51. The van der Waals surface area contributed by atoms with Gasteiger partial charge in [0.25, 0.3) is 5.91 Å². The van der Waals surface area contributed by atoms with Gasteiger partial charge in [0.2, 0.25) is 0 Å². The predicted molar refractivity (Wildman–Crippen MR) is 113 cm³/mol. The van der Waals surface area contributed by atoms with Gasteiger partial charge in [0, 0.05) is 12.7 Å². The van der Waals surface area contributed by atoms with E-state index < -0.39 is 17.6 Å². The summed E-state index contributed by atoms with van der Waals surface area (Å²) in [7, 11) is 1.49. The molecular formula is C25H22N2O3. The number of aliphatic hydroxyl groups is 1. The van der Waals surface area contributed by atoms with Gasteiger partial charge in [0.05, 0.1) is 18.7 Å². The van der Waals surface area contributed by atoms with Crippen molar-refractivity contribution in [2.24, 2.45) is 5.41 Å². The average Bonchev–Trinajstić information content (AvgIpc) is 2.88. The maximum Gasteiger partial charge on any atom is 0.251 e. The molecule has 0 heterocycles. The van der Waals surface area contributed by atoms with Gasteiger partial charge < -0.3 is 15.2 Å². The van der Waals surface area contributed by atoms with Crippen LogP contribution in [0, 0.1) is 16.7 Å². The van der Waals surface area contributed by atoms with E-state index in [4.69, 9.17) is 4.74 Å². The van der Waals surface area contributed by atoms with Crippen LogP contribution in [-0.4, -0.2) is 24.7 Å². The quantitative estimate of drug-likeness (QED) is 0.695. The van der Waals surface area contributed by atoms with Gasteiger partial charge in [-0.1, -0.05) is 66.7 Å². The van der Waals surface area contributed by atoms with Crippen molar-refractivity contribution in [3.8, 4) is 17.2 Å². The number of carbonyl (C=O) groups excluding carboxylic acids is 1. The molecular weight excluding hydrogens is 376 g/mol. The minimum atomic E-state index is -1.41. The molecule has 3 aromatic rings. The van der Waals surface area contributed by atoms with Crippen molar-refractivity contribution >= 4 is 5.91 Å². The van der Waals surface area contributed by atoms with Crippen molar-refractivity contribution in [3.05, 3.63) is 95.6 Å². The van der Waals surface area contributed by atoms with Crippen molar-refractivity contribution in [1.82, 2.24) is 5.32 Å². The van der Waals surface area contributed by atoms with Crippen LogP contribution in [0.25, 0.3) is 11.1 Å². The third kappa shape index (κ3) is 3.17. The van der Waals surface area contributed by atoms with Crippen molar-refractivity contribution in [3.63, 3.8) is 0 Å². The lowest BCUT2D eigenvalue weighted by Gasteiger charge is -2.37. The summed E-state index contributed by atoms with van der Waals surface area (Å²) in [4.78, 5) is 13.1. The van der Waals surface area contributed by atoms with Gasteiger partial charge in [-0.25, -0.2) is 0 Å². The molecule has 3 aromatic carbocycles. The van der Waals surface area contributed by atoms with E-state index in [9.17, 15) is 15.2 Å². The summed E-state index contributed by atoms with van der Waals surface area (Å²) >= 11 is 0. The third-order valence-electron chi connectivity index (χ3n) is 5.72. The number of rotatable bonds is 4. The van der Waals surface area contributed by atoms with E-state index >= 15 is 0 Å². The molecule has 2 N–H and O–H groups in total. The summed E-state index contributed by atoms with van der Waals surface area (Å²) in [5.41, 5.74) is 2.19. The second-order valence-electron chi connectivity index (χ2n) is 7.43. The molecule has 30 heavy (non-hydrogen) atoms. The number of aliphatic hydroxyl groups excluding tert-OH is 1. The average molecular weight is 398 g/mol. The molecule has 4 rings (SSSR count). The van der Waals surface area contributed by atoms with Crippen LogP contribution < -0.4 is 5.32 Å². The SMILES string of the molecule is COC[C@@]1(C#N)[C@H](O)c2ccccc2-c2ccccc2[C@H]1NC(=O)c1ccccc1. The lowest BCUT2D eigenvalue weighted by Crippen LogP contribution is -2.46. The van der Waals surface area contributed by atoms with Crippen LogP contribution in [0.3, 0.4) is 0 Å². The van der Waals surface area contributed by atoms with Crippen LogP contribution in [0.15, 0.2) is 78.9 Å². The Kier molecular flexibility index (Phi) is 5.37. The Bertz CT molecular complexity index is 1110.